The van der Waals surface area contributed by atoms with Crippen LogP contribution in [0.25, 0.3) is 0 Å². The van der Waals surface area contributed by atoms with Gasteiger partial charge in [0, 0.05) is 24.3 Å². The zero-order valence-electron chi connectivity index (χ0n) is 10.5. The van der Waals surface area contributed by atoms with E-state index in [1.165, 1.54) is 5.56 Å². The molecule has 1 amide bonds. The van der Waals surface area contributed by atoms with Crippen LogP contribution in [-0.4, -0.2) is 21.8 Å². The van der Waals surface area contributed by atoms with Crippen molar-refractivity contribution in [1.82, 2.24) is 9.88 Å². The van der Waals surface area contributed by atoms with Crippen LogP contribution in [0.15, 0.2) is 35.2 Å². The highest BCUT2D eigenvalue weighted by atomic mass is 32.1. The second-order valence-corrected chi connectivity index (χ2v) is 5.55. The van der Waals surface area contributed by atoms with E-state index in [4.69, 9.17) is 5.73 Å². The molecule has 1 aliphatic rings. The molecule has 0 bridgehead atoms. The number of carbonyl (C=O) groups excluding carboxylic acids is 1. The summed E-state index contributed by atoms with van der Waals surface area (Å²) in [6.45, 7) is 0.676. The lowest BCUT2D eigenvalue weighted by molar-refractivity contribution is 0.0730. The Kier molecular flexibility index (Phi) is 3.21. The van der Waals surface area contributed by atoms with Crippen LogP contribution in [-0.2, 0) is 6.54 Å². The van der Waals surface area contributed by atoms with E-state index in [2.05, 4.69) is 16.4 Å². The molecule has 0 aliphatic heterocycles. The number of thiophene rings is 1. The average Bonchev–Trinajstić information content (AvgIpc) is 3.12. The summed E-state index contributed by atoms with van der Waals surface area (Å²) in [4.78, 5) is 18.4. The summed E-state index contributed by atoms with van der Waals surface area (Å²) >= 11 is 1.66. The van der Waals surface area contributed by atoms with Gasteiger partial charge in [0.25, 0.3) is 5.91 Å². The molecule has 1 fully saturated rings. The highest BCUT2D eigenvalue weighted by Crippen LogP contribution is 2.30. The van der Waals surface area contributed by atoms with Gasteiger partial charge in [-0.3, -0.25) is 4.79 Å². The molecule has 0 atom stereocenters. The van der Waals surface area contributed by atoms with Crippen molar-refractivity contribution in [1.29, 1.82) is 0 Å². The highest BCUT2D eigenvalue weighted by Gasteiger charge is 2.33. The van der Waals surface area contributed by atoms with E-state index in [9.17, 15) is 4.79 Å². The summed E-state index contributed by atoms with van der Waals surface area (Å²) < 4.78 is 0. The normalized spacial score (nSPS) is 14.3. The lowest BCUT2D eigenvalue weighted by atomic mass is 10.2. The van der Waals surface area contributed by atoms with Crippen molar-refractivity contribution in [2.75, 3.05) is 5.73 Å². The molecule has 0 aromatic carbocycles. The number of amides is 1. The van der Waals surface area contributed by atoms with Crippen LogP contribution in [0.1, 0.15) is 28.8 Å². The van der Waals surface area contributed by atoms with Crippen LogP contribution in [0, 0.1) is 0 Å². The van der Waals surface area contributed by atoms with E-state index in [0.29, 0.717) is 24.0 Å². The molecule has 1 aliphatic carbocycles. The fraction of sp³-hybridized carbons (Fsp3) is 0.286. The lowest BCUT2D eigenvalue weighted by Crippen LogP contribution is -2.32. The third-order valence-electron chi connectivity index (χ3n) is 3.21. The SMILES string of the molecule is Nc1cc(C(=O)N(Cc2ccsc2)C2CC2)ccn1. The summed E-state index contributed by atoms with van der Waals surface area (Å²) in [5.41, 5.74) is 7.45. The molecule has 19 heavy (non-hydrogen) atoms. The van der Waals surface area contributed by atoms with Crippen LogP contribution >= 0.6 is 11.3 Å². The van der Waals surface area contributed by atoms with Crippen LogP contribution in [0.3, 0.4) is 0 Å². The number of hydrogen-bond donors (Lipinski definition) is 1. The van der Waals surface area contributed by atoms with Gasteiger partial charge in [-0.1, -0.05) is 0 Å². The first-order valence-electron chi connectivity index (χ1n) is 6.27. The predicted molar refractivity (Wildman–Crippen MR) is 75.9 cm³/mol. The van der Waals surface area contributed by atoms with E-state index in [1.54, 1.807) is 29.7 Å². The van der Waals surface area contributed by atoms with Gasteiger partial charge in [0.05, 0.1) is 0 Å². The second-order valence-electron chi connectivity index (χ2n) is 4.77. The fourth-order valence-electron chi connectivity index (χ4n) is 2.08. The van der Waals surface area contributed by atoms with Gasteiger partial charge in [-0.15, -0.1) is 0 Å². The molecule has 0 radical (unpaired) electrons. The van der Waals surface area contributed by atoms with Crippen molar-refractivity contribution in [3.8, 4) is 0 Å². The molecule has 1 saturated carbocycles. The van der Waals surface area contributed by atoms with E-state index in [1.807, 2.05) is 10.3 Å². The Morgan fingerprint density at radius 1 is 1.47 bits per heavy atom. The van der Waals surface area contributed by atoms with Crippen molar-refractivity contribution in [3.63, 3.8) is 0 Å². The Bertz CT molecular complexity index is 578. The minimum Gasteiger partial charge on any atom is -0.384 e. The van der Waals surface area contributed by atoms with E-state index in [-0.39, 0.29) is 5.91 Å². The predicted octanol–water partition coefficient (Wildman–Crippen LogP) is 2.53. The maximum Gasteiger partial charge on any atom is 0.254 e. The standard InChI is InChI=1S/C14H15N3OS/c15-13-7-11(3-5-16-13)14(18)17(12-1-2-12)8-10-4-6-19-9-10/h3-7,9,12H,1-2,8H2,(H2,15,16). The smallest absolute Gasteiger partial charge is 0.254 e. The van der Waals surface area contributed by atoms with Gasteiger partial charge in [-0.2, -0.15) is 11.3 Å². The van der Waals surface area contributed by atoms with Gasteiger partial charge >= 0.3 is 0 Å². The molecule has 0 unspecified atom stereocenters. The summed E-state index contributed by atoms with van der Waals surface area (Å²) in [5, 5.41) is 4.12. The number of nitrogens with zero attached hydrogens (tertiary/aromatic N) is 2. The summed E-state index contributed by atoms with van der Waals surface area (Å²) in [6, 6.07) is 5.81. The fourth-order valence-corrected chi connectivity index (χ4v) is 2.74. The molecule has 98 valence electrons. The first-order chi connectivity index (χ1) is 9.24. The zero-order valence-corrected chi connectivity index (χ0v) is 11.3. The quantitative estimate of drug-likeness (QED) is 0.931. The molecule has 2 heterocycles. The van der Waals surface area contributed by atoms with E-state index < -0.39 is 0 Å². The molecule has 0 spiro atoms. The Labute approximate surface area is 115 Å². The summed E-state index contributed by atoms with van der Waals surface area (Å²) in [5.74, 6) is 0.430. The highest BCUT2D eigenvalue weighted by molar-refractivity contribution is 7.07. The van der Waals surface area contributed by atoms with Crippen molar-refractivity contribution in [3.05, 3.63) is 46.3 Å². The van der Waals surface area contributed by atoms with Crippen LogP contribution in [0.4, 0.5) is 5.82 Å². The largest absolute Gasteiger partial charge is 0.384 e. The first-order valence-corrected chi connectivity index (χ1v) is 7.22. The van der Waals surface area contributed by atoms with Gasteiger partial charge in [0.2, 0.25) is 0 Å². The number of carbonyl (C=O) groups is 1. The van der Waals surface area contributed by atoms with E-state index in [0.717, 1.165) is 12.8 Å². The number of pyridine rings is 1. The maximum atomic E-state index is 12.6. The second kappa shape index (κ2) is 5.01. The molecule has 2 N–H and O–H groups in total. The molecule has 2 aromatic rings. The third-order valence-corrected chi connectivity index (χ3v) is 3.94. The number of aromatic nitrogens is 1. The molecular formula is C14H15N3OS. The summed E-state index contributed by atoms with van der Waals surface area (Å²) in [7, 11) is 0. The van der Waals surface area contributed by atoms with Crippen LogP contribution in [0.2, 0.25) is 0 Å². The van der Waals surface area contributed by atoms with Gasteiger partial charge in [0.15, 0.2) is 0 Å². The molecule has 2 aromatic heterocycles. The number of anilines is 1. The Hall–Kier alpha value is -1.88. The van der Waals surface area contributed by atoms with Crippen molar-refractivity contribution in [2.24, 2.45) is 0 Å². The third kappa shape index (κ3) is 2.76. The van der Waals surface area contributed by atoms with Crippen LogP contribution in [0.5, 0.6) is 0 Å². The van der Waals surface area contributed by atoms with Crippen LogP contribution < -0.4 is 5.73 Å². The Morgan fingerprint density at radius 2 is 2.32 bits per heavy atom. The van der Waals surface area contributed by atoms with Gasteiger partial charge < -0.3 is 10.6 Å². The van der Waals surface area contributed by atoms with Crippen molar-refractivity contribution < 1.29 is 4.79 Å². The van der Waals surface area contributed by atoms with E-state index >= 15 is 0 Å². The minimum absolute atomic E-state index is 0.0443. The number of rotatable bonds is 4. The molecule has 5 heteroatoms. The zero-order chi connectivity index (χ0) is 13.2. The molecule has 3 rings (SSSR count). The molecular weight excluding hydrogens is 258 g/mol. The maximum absolute atomic E-state index is 12.6. The number of hydrogen-bond acceptors (Lipinski definition) is 4. The number of nitrogen functional groups attached to an aromatic ring is 1. The topological polar surface area (TPSA) is 59.2 Å². The van der Waals surface area contributed by atoms with Gasteiger partial charge in [-0.05, 0) is 47.4 Å². The van der Waals surface area contributed by atoms with Gasteiger partial charge in [0.1, 0.15) is 5.82 Å². The van der Waals surface area contributed by atoms with Crippen molar-refractivity contribution in [2.45, 2.75) is 25.4 Å². The molecule has 0 saturated heterocycles. The van der Waals surface area contributed by atoms with Crippen molar-refractivity contribution >= 4 is 23.1 Å². The average molecular weight is 273 g/mol. The molecule has 4 nitrogen and oxygen atoms in total. The monoisotopic (exact) mass is 273 g/mol. The van der Waals surface area contributed by atoms with Gasteiger partial charge in [-0.25, -0.2) is 4.98 Å². The summed E-state index contributed by atoms with van der Waals surface area (Å²) in [6.07, 6.45) is 3.77. The lowest BCUT2D eigenvalue weighted by Gasteiger charge is -2.22. The number of nitrogens with two attached hydrogens (primary N) is 1. The minimum atomic E-state index is 0.0443. The Morgan fingerprint density at radius 3 is 2.95 bits per heavy atom. The Balaban J connectivity index is 1.82. The first kappa shape index (κ1) is 12.2.